The molecule has 4 aromatic carbocycles. The highest BCUT2D eigenvalue weighted by atomic mass is 16.8. The van der Waals surface area contributed by atoms with Crippen LogP contribution in [-0.2, 0) is 135 Å². The third-order valence-corrected chi connectivity index (χ3v) is 19.7. The van der Waals surface area contributed by atoms with Crippen molar-refractivity contribution in [2.45, 2.75) is 318 Å². The topological polar surface area (TPSA) is 309 Å². The van der Waals surface area contributed by atoms with Gasteiger partial charge in [0.05, 0.1) is 69.4 Å². The molecular formula is C96H138O25. The third kappa shape index (κ3) is 31.4. The summed E-state index contributed by atoms with van der Waals surface area (Å²) in [5, 5.41) is 0. The van der Waals surface area contributed by atoms with Crippen LogP contribution in [0, 0.1) is 43.3 Å². The maximum absolute atomic E-state index is 14.2. The van der Waals surface area contributed by atoms with E-state index < -0.39 is 178 Å². The Morgan fingerprint density at radius 2 is 0.595 bits per heavy atom. The van der Waals surface area contributed by atoms with Gasteiger partial charge in [-0.15, -0.1) is 0 Å². The molecule has 2 fully saturated rings. The van der Waals surface area contributed by atoms with Crippen LogP contribution in [-0.4, -0.2) is 161 Å². The van der Waals surface area contributed by atoms with Crippen molar-refractivity contribution < 1.29 is 119 Å². The summed E-state index contributed by atoms with van der Waals surface area (Å²) in [4.78, 5) is 137. The first kappa shape index (κ1) is 101. The first-order chi connectivity index (χ1) is 56.1. The molecule has 25 nitrogen and oxygen atoms in total. The summed E-state index contributed by atoms with van der Waals surface area (Å²) in [7, 11) is 0. The second-order valence-electron chi connectivity index (χ2n) is 39.7. The van der Waals surface area contributed by atoms with Crippen molar-refractivity contribution in [3.63, 3.8) is 0 Å². The largest absolute Gasteiger partial charge is 0.466 e. The summed E-state index contributed by atoms with van der Waals surface area (Å²) in [6.07, 6.45) is -6.60. The Balaban J connectivity index is 1.18. The van der Waals surface area contributed by atoms with E-state index in [-0.39, 0.29) is 37.6 Å². The maximum Gasteiger partial charge on any atom is 0.311 e. The summed E-state index contributed by atoms with van der Waals surface area (Å²) in [6.45, 7) is 44.1. The van der Waals surface area contributed by atoms with Crippen molar-refractivity contribution >= 4 is 59.7 Å². The van der Waals surface area contributed by atoms with E-state index in [0.29, 0.717) is 59.4 Å². The molecule has 2 aliphatic rings. The molecule has 0 aliphatic carbocycles. The molecule has 25 heteroatoms. The van der Waals surface area contributed by atoms with Crippen LogP contribution in [0.4, 0.5) is 0 Å². The molecule has 0 N–H and O–H groups in total. The Labute approximate surface area is 717 Å². The molecule has 0 unspecified atom stereocenters. The minimum Gasteiger partial charge on any atom is -0.466 e. The molecule has 0 radical (unpaired) electrons. The Morgan fingerprint density at radius 1 is 0.306 bits per heavy atom. The number of ether oxygens (including phenoxy) is 15. The van der Waals surface area contributed by atoms with Gasteiger partial charge < -0.3 is 71.1 Å². The van der Waals surface area contributed by atoms with E-state index >= 15 is 0 Å². The van der Waals surface area contributed by atoms with Crippen molar-refractivity contribution in [2.24, 2.45) is 43.3 Å². The van der Waals surface area contributed by atoms with Gasteiger partial charge in [-0.05, 0) is 276 Å². The Hall–Kier alpha value is -8.94. The smallest absolute Gasteiger partial charge is 0.311 e. The van der Waals surface area contributed by atoms with Crippen LogP contribution in [0.1, 0.15) is 254 Å². The zero-order chi connectivity index (χ0) is 90.6. The minimum absolute atomic E-state index is 0.00164. The van der Waals surface area contributed by atoms with Crippen LogP contribution in [0.15, 0.2) is 84.9 Å². The number of benzene rings is 4. The minimum atomic E-state index is -1.57. The SMILES string of the molecule is CCOC(=O)Cc1cccc(-c2cc(CCCCCCOCCCCCCc3ccc(O[C@H]4O[C@H](COC(=O)C(C)(C)C)[C@@H](OC(=O)C(C)(C)C)[C@H](OC(=O)C(C)(C)C)[C@@H]4OC(=O)C(C)(C)C)c(-c4cccc(CC(=O)OCC)c4)c3)ccc2O[C@H]2O[C@H](COC(=O)C(C)(C)C)[C@@H](OC(=O)C(C)(C)C)[C@H](OC(=O)C(C)(C)C)[C@@H]2OC(=O)C(C)(C)C)c1. The van der Waals surface area contributed by atoms with Crippen molar-refractivity contribution in [3.05, 3.63) is 107 Å². The average molecular weight is 1690 g/mol. The van der Waals surface area contributed by atoms with E-state index in [0.717, 1.165) is 62.5 Å². The number of hydrogen-bond acceptors (Lipinski definition) is 25. The van der Waals surface area contributed by atoms with Gasteiger partial charge in [-0.3, -0.25) is 47.9 Å². The first-order valence-corrected chi connectivity index (χ1v) is 42.7. The van der Waals surface area contributed by atoms with Gasteiger partial charge in [0.25, 0.3) is 0 Å². The highest BCUT2D eigenvalue weighted by molar-refractivity contribution is 5.82. The lowest BCUT2D eigenvalue weighted by molar-refractivity contribution is -0.293. The van der Waals surface area contributed by atoms with Crippen LogP contribution in [0.3, 0.4) is 0 Å². The molecule has 0 amide bonds. The molecule has 0 aromatic heterocycles. The fourth-order valence-electron chi connectivity index (χ4n) is 12.3. The zero-order valence-corrected chi connectivity index (χ0v) is 76.8. The van der Waals surface area contributed by atoms with Gasteiger partial charge in [0.15, 0.2) is 24.4 Å². The van der Waals surface area contributed by atoms with E-state index in [1.807, 2.05) is 72.8 Å². The van der Waals surface area contributed by atoms with E-state index in [4.69, 9.17) is 71.1 Å². The number of unbranched alkanes of at least 4 members (excludes halogenated alkanes) is 6. The normalized spacial score (nSPS) is 19.9. The van der Waals surface area contributed by atoms with Crippen molar-refractivity contribution in [2.75, 3.05) is 39.6 Å². The number of aryl methyl sites for hydroxylation is 2. The predicted molar refractivity (Wildman–Crippen MR) is 455 cm³/mol. The van der Waals surface area contributed by atoms with Crippen molar-refractivity contribution in [1.82, 2.24) is 0 Å². The highest BCUT2D eigenvalue weighted by Gasteiger charge is 2.58. The van der Waals surface area contributed by atoms with Crippen LogP contribution < -0.4 is 9.47 Å². The molecule has 0 spiro atoms. The second kappa shape index (κ2) is 43.4. The van der Waals surface area contributed by atoms with Gasteiger partial charge in [-0.25, -0.2) is 0 Å². The van der Waals surface area contributed by atoms with Gasteiger partial charge >= 0.3 is 59.7 Å². The van der Waals surface area contributed by atoms with Gasteiger partial charge in [0.1, 0.15) is 36.9 Å². The van der Waals surface area contributed by atoms with E-state index in [9.17, 15) is 47.9 Å². The van der Waals surface area contributed by atoms with Crippen molar-refractivity contribution in [3.8, 4) is 33.8 Å². The quantitative estimate of drug-likeness (QED) is 0.0232. The summed E-state index contributed by atoms with van der Waals surface area (Å²) >= 11 is 0. The Bertz CT molecular complexity index is 3890. The first-order valence-electron chi connectivity index (χ1n) is 42.7. The predicted octanol–water partition coefficient (Wildman–Crippen LogP) is 17.3. The molecule has 0 bridgehead atoms. The van der Waals surface area contributed by atoms with Gasteiger partial charge in [0, 0.05) is 24.3 Å². The summed E-state index contributed by atoms with van der Waals surface area (Å²) in [6, 6.07) is 26.2. The van der Waals surface area contributed by atoms with Crippen molar-refractivity contribution in [1.29, 1.82) is 0 Å². The molecule has 121 heavy (non-hydrogen) atoms. The second-order valence-corrected chi connectivity index (χ2v) is 39.7. The van der Waals surface area contributed by atoms with E-state index in [2.05, 4.69) is 0 Å². The molecule has 4 aromatic rings. The fraction of sp³-hybridized carbons (Fsp3) is 0.646. The van der Waals surface area contributed by atoms with Crippen LogP contribution >= 0.6 is 0 Å². The number of esters is 10. The average Bonchev–Trinajstić information content (AvgIpc) is 0.768. The van der Waals surface area contributed by atoms with Crippen LogP contribution in [0.5, 0.6) is 11.5 Å². The van der Waals surface area contributed by atoms with Crippen LogP contribution in [0.2, 0.25) is 0 Å². The molecule has 2 aliphatic heterocycles. The van der Waals surface area contributed by atoms with Gasteiger partial charge in [0.2, 0.25) is 24.8 Å². The third-order valence-electron chi connectivity index (χ3n) is 19.7. The van der Waals surface area contributed by atoms with E-state index in [1.54, 1.807) is 192 Å². The summed E-state index contributed by atoms with van der Waals surface area (Å²) < 4.78 is 93.5. The molecule has 0 saturated carbocycles. The number of carbonyl (C=O) groups excluding carboxylic acids is 10. The number of hydrogen-bond donors (Lipinski definition) is 0. The molecule has 2 saturated heterocycles. The molecule has 2 heterocycles. The van der Waals surface area contributed by atoms with Crippen LogP contribution in [0.25, 0.3) is 22.3 Å². The summed E-state index contributed by atoms with van der Waals surface area (Å²) in [5.74, 6) is -5.65. The van der Waals surface area contributed by atoms with E-state index in [1.165, 1.54) is 0 Å². The number of carbonyl (C=O) groups is 10. The van der Waals surface area contributed by atoms with Gasteiger partial charge in [-0.2, -0.15) is 0 Å². The lowest BCUT2D eigenvalue weighted by atomic mass is 9.93. The Kier molecular flexibility index (Phi) is 36.2. The lowest BCUT2D eigenvalue weighted by Crippen LogP contribution is -2.65. The molecule has 10 atom stereocenters. The lowest BCUT2D eigenvalue weighted by Gasteiger charge is -2.45. The number of rotatable bonds is 36. The zero-order valence-electron chi connectivity index (χ0n) is 76.8. The Morgan fingerprint density at radius 3 is 0.893 bits per heavy atom. The maximum atomic E-state index is 14.2. The molecule has 672 valence electrons. The molecule has 6 rings (SSSR count). The molecular weight excluding hydrogens is 1550 g/mol. The highest BCUT2D eigenvalue weighted by Crippen LogP contribution is 2.43. The van der Waals surface area contributed by atoms with Gasteiger partial charge in [-0.1, -0.05) is 86.3 Å². The monoisotopic (exact) mass is 1690 g/mol. The summed E-state index contributed by atoms with van der Waals surface area (Å²) in [5.41, 5.74) is -2.61. The fourth-order valence-corrected chi connectivity index (χ4v) is 12.3. The standard InChI is InChI=1S/C96H138O25/c1-27-108-71(97)55-61-41-37-43-63(51-61)65-53-59(45-47-67(65)112-79-77(120-87(105)95(21,22)23)75(118-85(103)93(15,16)17)73(116-83(101)91(9,10)11)69(114-79)57-110-81(99)89(3,4)5)39-33-29-31-35-49-107-50-36-32-30-34-40-60-46-48-68(66(54-60)64-44-38-42-62(52-64)56-72(98)109-28-2)113-80-78(121-88(106)96(24,25)26)76(119-86(104)94(18,19)20)74(117-84(102)92(12,13)14)70(115-80)58-111-82(100)90(6,7)8/h37-38,41-48,51-54,69-70,73-80H,27-36,39-40,49-50,55-58H2,1-26H3/t69-,70-,73-,74-,75+,76+,77+,78+,79+,80+/m1/s1.